The van der Waals surface area contributed by atoms with Crippen molar-refractivity contribution in [2.24, 2.45) is 5.92 Å². The Morgan fingerprint density at radius 1 is 1.19 bits per heavy atom. The molecule has 0 saturated carbocycles. The minimum absolute atomic E-state index is 0.599. The fourth-order valence-corrected chi connectivity index (χ4v) is 2.56. The SMILES string of the molecule is CC(C)CNCc1c(Cl)cccc1Oc1cccc(Br)c1. The molecule has 0 heterocycles. The average Bonchev–Trinajstić information content (AvgIpc) is 2.41. The monoisotopic (exact) mass is 367 g/mol. The molecule has 0 amide bonds. The Labute approximate surface area is 139 Å². The highest BCUT2D eigenvalue weighted by molar-refractivity contribution is 9.10. The Morgan fingerprint density at radius 3 is 2.67 bits per heavy atom. The number of hydrogen-bond acceptors (Lipinski definition) is 2. The summed E-state index contributed by atoms with van der Waals surface area (Å²) in [6, 6.07) is 13.5. The third kappa shape index (κ3) is 5.03. The van der Waals surface area contributed by atoms with Crippen LogP contribution in [-0.2, 0) is 6.54 Å². The number of nitrogens with one attached hydrogen (secondary N) is 1. The zero-order valence-electron chi connectivity index (χ0n) is 12.2. The number of benzene rings is 2. The summed E-state index contributed by atoms with van der Waals surface area (Å²) in [7, 11) is 0. The summed E-state index contributed by atoms with van der Waals surface area (Å²) < 4.78 is 6.96. The summed E-state index contributed by atoms with van der Waals surface area (Å²) in [5.74, 6) is 2.18. The highest BCUT2D eigenvalue weighted by Crippen LogP contribution is 2.31. The van der Waals surface area contributed by atoms with Crippen molar-refractivity contribution in [3.63, 3.8) is 0 Å². The standard InChI is InChI=1S/C17H19BrClNO/c1-12(2)10-20-11-15-16(19)7-4-8-17(15)21-14-6-3-5-13(18)9-14/h3-9,12,20H,10-11H2,1-2H3. The van der Waals surface area contributed by atoms with E-state index in [1.165, 1.54) is 0 Å². The zero-order chi connectivity index (χ0) is 15.2. The summed E-state index contributed by atoms with van der Waals surface area (Å²) >= 11 is 9.76. The largest absolute Gasteiger partial charge is 0.457 e. The third-order valence-electron chi connectivity index (χ3n) is 2.95. The first-order valence-electron chi connectivity index (χ1n) is 6.98. The van der Waals surface area contributed by atoms with E-state index in [9.17, 15) is 0 Å². The van der Waals surface area contributed by atoms with Crippen LogP contribution >= 0.6 is 27.5 Å². The molecule has 0 atom stereocenters. The Kier molecular flexibility index (Phi) is 6.09. The van der Waals surface area contributed by atoms with Crippen LogP contribution in [0, 0.1) is 5.92 Å². The first kappa shape index (κ1) is 16.3. The van der Waals surface area contributed by atoms with E-state index in [1.54, 1.807) is 0 Å². The molecule has 0 radical (unpaired) electrons. The molecule has 0 aliphatic heterocycles. The normalized spacial score (nSPS) is 10.9. The minimum Gasteiger partial charge on any atom is -0.457 e. The van der Waals surface area contributed by atoms with Crippen LogP contribution in [-0.4, -0.2) is 6.54 Å². The highest BCUT2D eigenvalue weighted by atomic mass is 79.9. The van der Waals surface area contributed by atoms with Gasteiger partial charge >= 0.3 is 0 Å². The third-order valence-corrected chi connectivity index (χ3v) is 3.80. The lowest BCUT2D eigenvalue weighted by molar-refractivity contribution is 0.469. The molecule has 0 fully saturated rings. The molecule has 4 heteroatoms. The Bertz CT molecular complexity index is 601. The van der Waals surface area contributed by atoms with Gasteiger partial charge in [0.25, 0.3) is 0 Å². The lowest BCUT2D eigenvalue weighted by atomic mass is 10.1. The van der Waals surface area contributed by atoms with Crippen molar-refractivity contribution in [2.75, 3.05) is 6.54 Å². The molecule has 0 bridgehead atoms. The van der Waals surface area contributed by atoms with E-state index in [4.69, 9.17) is 16.3 Å². The molecular weight excluding hydrogens is 350 g/mol. The summed E-state index contributed by atoms with van der Waals surface area (Å²) in [6.07, 6.45) is 0. The van der Waals surface area contributed by atoms with E-state index in [2.05, 4.69) is 35.1 Å². The molecular formula is C17H19BrClNO. The summed E-state index contributed by atoms with van der Waals surface area (Å²) in [5, 5.41) is 4.13. The number of hydrogen-bond donors (Lipinski definition) is 1. The van der Waals surface area contributed by atoms with Crippen LogP contribution < -0.4 is 10.1 Å². The molecule has 21 heavy (non-hydrogen) atoms. The topological polar surface area (TPSA) is 21.3 Å². The van der Waals surface area contributed by atoms with E-state index in [1.807, 2.05) is 42.5 Å². The lowest BCUT2D eigenvalue weighted by Crippen LogP contribution is -2.19. The molecule has 2 nitrogen and oxygen atoms in total. The molecule has 112 valence electrons. The van der Waals surface area contributed by atoms with Crippen LogP contribution in [0.3, 0.4) is 0 Å². The first-order valence-corrected chi connectivity index (χ1v) is 8.15. The van der Waals surface area contributed by atoms with Gasteiger partial charge in [0, 0.05) is 21.6 Å². The quantitative estimate of drug-likeness (QED) is 0.712. The second-order valence-electron chi connectivity index (χ2n) is 5.30. The van der Waals surface area contributed by atoms with Crippen LogP contribution in [0.15, 0.2) is 46.9 Å². The van der Waals surface area contributed by atoms with Crippen LogP contribution in [0.25, 0.3) is 0 Å². The van der Waals surface area contributed by atoms with E-state index >= 15 is 0 Å². The van der Waals surface area contributed by atoms with Gasteiger partial charge in [-0.15, -0.1) is 0 Å². The highest BCUT2D eigenvalue weighted by Gasteiger charge is 2.09. The van der Waals surface area contributed by atoms with E-state index in [-0.39, 0.29) is 0 Å². The van der Waals surface area contributed by atoms with Gasteiger partial charge in [0.2, 0.25) is 0 Å². The first-order chi connectivity index (χ1) is 10.1. The molecule has 0 aliphatic carbocycles. The maximum absolute atomic E-state index is 6.31. The van der Waals surface area contributed by atoms with Crippen molar-refractivity contribution in [2.45, 2.75) is 20.4 Å². The predicted molar refractivity (Wildman–Crippen MR) is 92.2 cm³/mol. The van der Waals surface area contributed by atoms with Gasteiger partial charge < -0.3 is 10.1 Å². The van der Waals surface area contributed by atoms with E-state index < -0.39 is 0 Å². The van der Waals surface area contributed by atoms with Gasteiger partial charge in [0.1, 0.15) is 11.5 Å². The maximum atomic E-state index is 6.31. The van der Waals surface area contributed by atoms with E-state index in [0.717, 1.165) is 33.1 Å². The van der Waals surface area contributed by atoms with Gasteiger partial charge in [-0.3, -0.25) is 0 Å². The summed E-state index contributed by atoms with van der Waals surface area (Å²) in [6.45, 7) is 6.00. The van der Waals surface area contributed by atoms with Crippen LogP contribution in [0.2, 0.25) is 5.02 Å². The number of halogens is 2. The molecule has 1 N–H and O–H groups in total. The molecule has 0 aromatic heterocycles. The van der Waals surface area contributed by atoms with Crippen LogP contribution in [0.4, 0.5) is 0 Å². The van der Waals surface area contributed by atoms with Gasteiger partial charge in [-0.1, -0.05) is 53.5 Å². The summed E-state index contributed by atoms with van der Waals surface area (Å²) in [5.41, 5.74) is 0.986. The van der Waals surface area contributed by atoms with Crippen molar-refractivity contribution in [1.29, 1.82) is 0 Å². The molecule has 2 rings (SSSR count). The maximum Gasteiger partial charge on any atom is 0.133 e. The second kappa shape index (κ2) is 7.83. The van der Waals surface area contributed by atoms with Crippen molar-refractivity contribution < 1.29 is 4.74 Å². The number of rotatable bonds is 6. The Balaban J connectivity index is 2.16. The van der Waals surface area contributed by atoms with Gasteiger partial charge in [0.15, 0.2) is 0 Å². The van der Waals surface area contributed by atoms with Crippen LogP contribution in [0.1, 0.15) is 19.4 Å². The van der Waals surface area contributed by atoms with Crippen LogP contribution in [0.5, 0.6) is 11.5 Å². The molecule has 0 spiro atoms. The fourth-order valence-electron chi connectivity index (χ4n) is 1.95. The Morgan fingerprint density at radius 2 is 1.95 bits per heavy atom. The van der Waals surface area contributed by atoms with Gasteiger partial charge in [-0.2, -0.15) is 0 Å². The fraction of sp³-hybridized carbons (Fsp3) is 0.294. The Hall–Kier alpha value is -1.03. The molecule has 2 aromatic carbocycles. The second-order valence-corrected chi connectivity index (χ2v) is 6.62. The van der Waals surface area contributed by atoms with Gasteiger partial charge in [-0.05, 0) is 42.8 Å². The molecule has 2 aromatic rings. The molecule has 0 saturated heterocycles. The van der Waals surface area contributed by atoms with Crippen molar-refractivity contribution >= 4 is 27.5 Å². The average molecular weight is 369 g/mol. The molecule has 0 aliphatic rings. The summed E-state index contributed by atoms with van der Waals surface area (Å²) in [4.78, 5) is 0. The zero-order valence-corrected chi connectivity index (χ0v) is 14.5. The van der Waals surface area contributed by atoms with Crippen molar-refractivity contribution in [3.8, 4) is 11.5 Å². The van der Waals surface area contributed by atoms with Gasteiger partial charge in [0.05, 0.1) is 0 Å². The van der Waals surface area contributed by atoms with Crippen molar-refractivity contribution in [1.82, 2.24) is 5.32 Å². The van der Waals surface area contributed by atoms with E-state index in [0.29, 0.717) is 12.5 Å². The smallest absolute Gasteiger partial charge is 0.133 e. The minimum atomic E-state index is 0.599. The molecule has 0 unspecified atom stereocenters. The predicted octanol–water partition coefficient (Wildman–Crippen LogP) is 5.64. The number of ether oxygens (including phenoxy) is 1. The van der Waals surface area contributed by atoms with Crippen molar-refractivity contribution in [3.05, 3.63) is 57.5 Å². The lowest BCUT2D eigenvalue weighted by Gasteiger charge is -2.14. The van der Waals surface area contributed by atoms with Gasteiger partial charge in [-0.25, -0.2) is 0 Å².